The van der Waals surface area contributed by atoms with Gasteiger partial charge < -0.3 is 10.2 Å². The fourth-order valence-electron chi connectivity index (χ4n) is 1.43. The summed E-state index contributed by atoms with van der Waals surface area (Å²) in [6.07, 6.45) is -0.574. The predicted octanol–water partition coefficient (Wildman–Crippen LogP) is 1.32. The standard InChI is InChI=1S/C11H9ClO5/c12-11(17)8-2-6(4-9(13)14)1-7(3-8)5-10(15)16/h1-3H,4-5H2,(H,13,14)(H,15,16). The minimum absolute atomic E-state index is 0.0988. The van der Waals surface area contributed by atoms with Crippen molar-refractivity contribution in [3.63, 3.8) is 0 Å². The zero-order valence-corrected chi connectivity index (χ0v) is 9.40. The number of aliphatic carboxylic acids is 2. The summed E-state index contributed by atoms with van der Waals surface area (Å²) >= 11 is 5.29. The first kappa shape index (κ1) is 13.2. The highest BCUT2D eigenvalue weighted by Gasteiger charge is 2.10. The zero-order chi connectivity index (χ0) is 13.0. The van der Waals surface area contributed by atoms with Crippen LogP contribution in [0.2, 0.25) is 0 Å². The molecule has 0 amide bonds. The smallest absolute Gasteiger partial charge is 0.307 e. The van der Waals surface area contributed by atoms with Crippen LogP contribution in [0.3, 0.4) is 0 Å². The molecule has 5 nitrogen and oxygen atoms in total. The van der Waals surface area contributed by atoms with Crippen LogP contribution in [-0.2, 0) is 22.4 Å². The Balaban J connectivity index is 3.13. The Labute approximate surface area is 102 Å². The second-order valence-corrected chi connectivity index (χ2v) is 3.80. The van der Waals surface area contributed by atoms with Gasteiger partial charge in [-0.25, -0.2) is 0 Å². The van der Waals surface area contributed by atoms with Gasteiger partial charge in [0.05, 0.1) is 12.8 Å². The Morgan fingerprint density at radius 1 is 0.941 bits per heavy atom. The van der Waals surface area contributed by atoms with Gasteiger partial charge in [-0.15, -0.1) is 0 Å². The van der Waals surface area contributed by atoms with Crippen LogP contribution in [0.25, 0.3) is 0 Å². The molecule has 0 radical (unpaired) electrons. The Kier molecular flexibility index (Phi) is 4.23. The van der Waals surface area contributed by atoms with Gasteiger partial charge in [0.2, 0.25) is 0 Å². The monoisotopic (exact) mass is 256 g/mol. The van der Waals surface area contributed by atoms with Crippen molar-refractivity contribution in [1.82, 2.24) is 0 Å². The zero-order valence-electron chi connectivity index (χ0n) is 8.64. The van der Waals surface area contributed by atoms with Crippen LogP contribution in [0.15, 0.2) is 18.2 Å². The average molecular weight is 257 g/mol. The molecule has 0 bridgehead atoms. The van der Waals surface area contributed by atoms with E-state index in [1.165, 1.54) is 18.2 Å². The summed E-state index contributed by atoms with van der Waals surface area (Å²) in [6, 6.07) is 4.12. The molecule has 1 rings (SSSR count). The largest absolute Gasteiger partial charge is 0.481 e. The fourth-order valence-corrected chi connectivity index (χ4v) is 1.54. The molecule has 6 heteroatoms. The number of carboxylic acids is 2. The number of hydrogen-bond donors (Lipinski definition) is 2. The summed E-state index contributed by atoms with van der Waals surface area (Å²) in [5.41, 5.74) is 0.794. The maximum absolute atomic E-state index is 11.0. The van der Waals surface area contributed by atoms with Gasteiger partial charge in [0, 0.05) is 5.56 Å². The molecule has 17 heavy (non-hydrogen) atoms. The number of carbonyl (C=O) groups excluding carboxylic acids is 1. The van der Waals surface area contributed by atoms with E-state index in [4.69, 9.17) is 21.8 Å². The molecular weight excluding hydrogens is 248 g/mol. The van der Waals surface area contributed by atoms with E-state index >= 15 is 0 Å². The number of benzene rings is 1. The minimum atomic E-state index is -1.06. The third kappa shape index (κ3) is 4.24. The molecule has 90 valence electrons. The van der Waals surface area contributed by atoms with Crippen molar-refractivity contribution >= 4 is 28.8 Å². The lowest BCUT2D eigenvalue weighted by Crippen LogP contribution is -2.06. The molecule has 0 saturated heterocycles. The topological polar surface area (TPSA) is 91.7 Å². The van der Waals surface area contributed by atoms with Gasteiger partial charge in [-0.1, -0.05) is 6.07 Å². The number of carboxylic acid groups (broad SMARTS) is 2. The van der Waals surface area contributed by atoms with Crippen molar-refractivity contribution in [3.8, 4) is 0 Å². The first-order chi connectivity index (χ1) is 7.88. The van der Waals surface area contributed by atoms with E-state index in [-0.39, 0.29) is 18.4 Å². The van der Waals surface area contributed by atoms with Gasteiger partial charge in [0.1, 0.15) is 0 Å². The van der Waals surface area contributed by atoms with Gasteiger partial charge in [-0.3, -0.25) is 14.4 Å². The average Bonchev–Trinajstić information content (AvgIpc) is 2.14. The van der Waals surface area contributed by atoms with Crippen molar-refractivity contribution < 1.29 is 24.6 Å². The molecule has 0 aromatic heterocycles. The molecule has 0 aliphatic carbocycles. The van der Waals surface area contributed by atoms with Crippen LogP contribution >= 0.6 is 11.6 Å². The fraction of sp³-hybridized carbons (Fsp3) is 0.182. The van der Waals surface area contributed by atoms with Crippen LogP contribution in [0.4, 0.5) is 0 Å². The molecule has 0 aliphatic heterocycles. The lowest BCUT2D eigenvalue weighted by molar-refractivity contribution is -0.137. The lowest BCUT2D eigenvalue weighted by Gasteiger charge is -2.04. The summed E-state index contributed by atoms with van der Waals surface area (Å²) in [4.78, 5) is 32.1. The van der Waals surface area contributed by atoms with Crippen LogP contribution < -0.4 is 0 Å². The summed E-state index contributed by atoms with van der Waals surface area (Å²) in [7, 11) is 0. The highest BCUT2D eigenvalue weighted by molar-refractivity contribution is 6.67. The van der Waals surface area contributed by atoms with E-state index in [0.29, 0.717) is 11.1 Å². The molecule has 0 heterocycles. The summed E-state index contributed by atoms with van der Waals surface area (Å²) in [5, 5.41) is 16.5. The van der Waals surface area contributed by atoms with Gasteiger partial charge >= 0.3 is 11.9 Å². The molecule has 0 atom stereocenters. The van der Waals surface area contributed by atoms with Gasteiger partial charge in [-0.05, 0) is 34.9 Å². The Bertz CT molecular complexity index is 447. The van der Waals surface area contributed by atoms with Crippen LogP contribution in [-0.4, -0.2) is 27.4 Å². The van der Waals surface area contributed by atoms with E-state index in [9.17, 15) is 14.4 Å². The van der Waals surface area contributed by atoms with Crippen molar-refractivity contribution in [3.05, 3.63) is 34.9 Å². The van der Waals surface area contributed by atoms with Gasteiger partial charge in [0.15, 0.2) is 0 Å². The molecule has 2 N–H and O–H groups in total. The molecular formula is C11H9ClO5. The quantitative estimate of drug-likeness (QED) is 0.775. The maximum atomic E-state index is 11.0. The maximum Gasteiger partial charge on any atom is 0.307 e. The number of rotatable bonds is 5. The molecule has 1 aromatic carbocycles. The summed E-state index contributed by atoms with van der Waals surface area (Å²) in [5.74, 6) is -2.13. The van der Waals surface area contributed by atoms with E-state index in [2.05, 4.69) is 0 Å². The van der Waals surface area contributed by atoms with Crippen LogP contribution in [0, 0.1) is 0 Å². The Morgan fingerprint density at radius 2 is 1.35 bits per heavy atom. The first-order valence-corrected chi connectivity index (χ1v) is 5.02. The highest BCUT2D eigenvalue weighted by atomic mass is 35.5. The SMILES string of the molecule is O=C(O)Cc1cc(CC(=O)O)cc(C(=O)Cl)c1. The van der Waals surface area contributed by atoms with Crippen molar-refractivity contribution in [1.29, 1.82) is 0 Å². The second-order valence-electron chi connectivity index (χ2n) is 3.45. The number of halogens is 1. The summed E-state index contributed by atoms with van der Waals surface area (Å²) in [6.45, 7) is 0. The van der Waals surface area contributed by atoms with Gasteiger partial charge in [-0.2, -0.15) is 0 Å². The van der Waals surface area contributed by atoms with E-state index in [1.54, 1.807) is 0 Å². The molecule has 0 spiro atoms. The van der Waals surface area contributed by atoms with Gasteiger partial charge in [0.25, 0.3) is 5.24 Å². The molecule has 1 aromatic rings. The Hall–Kier alpha value is -1.88. The van der Waals surface area contributed by atoms with Crippen molar-refractivity contribution in [2.45, 2.75) is 12.8 Å². The molecule has 0 aliphatic rings. The number of carbonyl (C=O) groups is 3. The van der Waals surface area contributed by atoms with Crippen LogP contribution in [0.1, 0.15) is 21.5 Å². The van der Waals surface area contributed by atoms with Crippen molar-refractivity contribution in [2.24, 2.45) is 0 Å². The molecule has 0 fully saturated rings. The van der Waals surface area contributed by atoms with Crippen molar-refractivity contribution in [2.75, 3.05) is 0 Å². The third-order valence-corrected chi connectivity index (χ3v) is 2.21. The van der Waals surface area contributed by atoms with E-state index < -0.39 is 17.2 Å². The molecule has 0 unspecified atom stereocenters. The van der Waals surface area contributed by atoms with Crippen LogP contribution in [0.5, 0.6) is 0 Å². The van der Waals surface area contributed by atoms with E-state index in [0.717, 1.165) is 0 Å². The summed E-state index contributed by atoms with van der Waals surface area (Å²) < 4.78 is 0. The lowest BCUT2D eigenvalue weighted by atomic mass is 10.0. The normalized spacial score (nSPS) is 9.94. The predicted molar refractivity (Wildman–Crippen MR) is 59.3 cm³/mol. The first-order valence-electron chi connectivity index (χ1n) is 4.64. The second kappa shape index (κ2) is 5.45. The van der Waals surface area contributed by atoms with E-state index in [1.807, 2.05) is 0 Å². The number of hydrogen-bond acceptors (Lipinski definition) is 3. The highest BCUT2D eigenvalue weighted by Crippen LogP contribution is 2.14. The minimum Gasteiger partial charge on any atom is -0.481 e. The molecule has 0 saturated carbocycles. The third-order valence-electron chi connectivity index (χ3n) is 1.99. The Morgan fingerprint density at radius 3 is 1.65 bits per heavy atom.